The van der Waals surface area contributed by atoms with Gasteiger partial charge < -0.3 is 9.84 Å². The van der Waals surface area contributed by atoms with E-state index in [9.17, 15) is 4.79 Å². The van der Waals surface area contributed by atoms with Gasteiger partial charge >= 0.3 is 5.97 Å². The van der Waals surface area contributed by atoms with Gasteiger partial charge in [-0.1, -0.05) is 0 Å². The fourth-order valence-corrected chi connectivity index (χ4v) is 1.63. The lowest BCUT2D eigenvalue weighted by Crippen LogP contribution is -2.33. The number of carbonyl (C=O) groups is 1. The lowest BCUT2D eigenvalue weighted by atomic mass is 10.3. The molecule has 0 saturated carbocycles. The molecule has 0 aromatic carbocycles. The van der Waals surface area contributed by atoms with Crippen LogP contribution in [0.3, 0.4) is 0 Å². The lowest BCUT2D eigenvalue weighted by Gasteiger charge is -2.20. The summed E-state index contributed by atoms with van der Waals surface area (Å²) in [6.07, 6.45) is 1.73. The van der Waals surface area contributed by atoms with Crippen LogP contribution in [0.2, 0.25) is 0 Å². The zero-order valence-corrected chi connectivity index (χ0v) is 10.3. The first-order chi connectivity index (χ1) is 8.17. The highest BCUT2D eigenvalue weighted by Crippen LogP contribution is 2.04. The van der Waals surface area contributed by atoms with Crippen LogP contribution in [0.4, 0.5) is 0 Å². The minimum Gasteiger partial charge on any atom is -0.480 e. The second kappa shape index (κ2) is 7.03. The van der Waals surface area contributed by atoms with Gasteiger partial charge in [-0.3, -0.25) is 14.4 Å². The highest BCUT2D eigenvalue weighted by Gasteiger charge is 2.12. The Bertz CT molecular complexity index is 351. The molecule has 0 bridgehead atoms. The van der Waals surface area contributed by atoms with Gasteiger partial charge in [-0.25, -0.2) is 0 Å². The molecule has 0 aliphatic heterocycles. The molecule has 0 spiro atoms. The fourth-order valence-electron chi connectivity index (χ4n) is 1.63. The number of aromatic nitrogens is 2. The Morgan fingerprint density at radius 1 is 1.65 bits per heavy atom. The molecule has 0 aliphatic carbocycles. The quantitative estimate of drug-likeness (QED) is 0.715. The van der Waals surface area contributed by atoms with Gasteiger partial charge in [0.05, 0.1) is 18.8 Å². The van der Waals surface area contributed by atoms with Crippen molar-refractivity contribution in [2.75, 3.05) is 26.8 Å². The molecule has 0 amide bonds. The third-order valence-electron chi connectivity index (χ3n) is 2.46. The van der Waals surface area contributed by atoms with E-state index in [0.29, 0.717) is 19.7 Å². The number of rotatable bonds is 8. The first-order valence-corrected chi connectivity index (χ1v) is 5.61. The highest BCUT2D eigenvalue weighted by molar-refractivity contribution is 5.69. The molecular weight excluding hydrogens is 222 g/mol. The predicted octanol–water partition coefficient (Wildman–Crippen LogP) is 0.436. The molecule has 0 fully saturated rings. The molecule has 0 unspecified atom stereocenters. The number of carboxylic acids is 1. The van der Waals surface area contributed by atoms with Crippen molar-refractivity contribution in [2.24, 2.45) is 0 Å². The molecule has 0 radical (unpaired) electrons. The summed E-state index contributed by atoms with van der Waals surface area (Å²) in [6.45, 7) is 4.49. The van der Waals surface area contributed by atoms with Gasteiger partial charge in [0.1, 0.15) is 0 Å². The number of hydrogen-bond donors (Lipinski definition) is 1. The summed E-state index contributed by atoms with van der Waals surface area (Å²) in [5.74, 6) is -0.830. The zero-order chi connectivity index (χ0) is 12.7. The fraction of sp³-hybridized carbons (Fsp3) is 0.636. The van der Waals surface area contributed by atoms with Gasteiger partial charge in [0, 0.05) is 32.9 Å². The van der Waals surface area contributed by atoms with E-state index >= 15 is 0 Å². The topological polar surface area (TPSA) is 67.6 Å². The number of methoxy groups -OCH3 is 1. The molecule has 1 aromatic rings. The Labute approximate surface area is 101 Å². The summed E-state index contributed by atoms with van der Waals surface area (Å²) in [6, 6.07) is 1.91. The van der Waals surface area contributed by atoms with Crippen LogP contribution in [0, 0.1) is 0 Å². The molecule has 1 aromatic heterocycles. The van der Waals surface area contributed by atoms with Crippen molar-refractivity contribution in [3.63, 3.8) is 0 Å². The van der Waals surface area contributed by atoms with Crippen LogP contribution in [-0.2, 0) is 22.6 Å². The summed E-state index contributed by atoms with van der Waals surface area (Å²) in [7, 11) is 1.61. The maximum absolute atomic E-state index is 10.8. The number of ether oxygens (including phenoxy) is 1. The molecule has 1 rings (SSSR count). The first kappa shape index (κ1) is 13.7. The second-order valence-electron chi connectivity index (χ2n) is 3.74. The van der Waals surface area contributed by atoms with E-state index in [4.69, 9.17) is 9.84 Å². The van der Waals surface area contributed by atoms with Crippen LogP contribution in [0.15, 0.2) is 12.3 Å². The number of aryl methyl sites for hydroxylation is 1. The SMILES string of the molecule is CCn1nccc1CN(CCOC)CC(=O)O. The summed E-state index contributed by atoms with van der Waals surface area (Å²) >= 11 is 0. The van der Waals surface area contributed by atoms with Gasteiger partial charge in [0.15, 0.2) is 0 Å². The van der Waals surface area contributed by atoms with Gasteiger partial charge in [-0.05, 0) is 13.0 Å². The minimum absolute atomic E-state index is 0.0122. The maximum atomic E-state index is 10.8. The Kier molecular flexibility index (Phi) is 5.65. The molecule has 17 heavy (non-hydrogen) atoms. The van der Waals surface area contributed by atoms with Gasteiger partial charge in [-0.2, -0.15) is 5.10 Å². The molecule has 1 heterocycles. The van der Waals surface area contributed by atoms with Crippen LogP contribution in [0.5, 0.6) is 0 Å². The molecular formula is C11H19N3O3. The van der Waals surface area contributed by atoms with Crippen LogP contribution in [0.25, 0.3) is 0 Å². The summed E-state index contributed by atoms with van der Waals surface area (Å²) in [5, 5.41) is 13.0. The van der Waals surface area contributed by atoms with Crippen LogP contribution in [-0.4, -0.2) is 52.6 Å². The van der Waals surface area contributed by atoms with Gasteiger partial charge in [0.2, 0.25) is 0 Å². The molecule has 6 heteroatoms. The predicted molar refractivity (Wildman–Crippen MR) is 62.7 cm³/mol. The van der Waals surface area contributed by atoms with E-state index in [1.165, 1.54) is 0 Å². The van der Waals surface area contributed by atoms with Crippen molar-refractivity contribution in [3.05, 3.63) is 18.0 Å². The lowest BCUT2D eigenvalue weighted by molar-refractivity contribution is -0.138. The number of aliphatic carboxylic acids is 1. The normalized spacial score (nSPS) is 11.0. The summed E-state index contributed by atoms with van der Waals surface area (Å²) in [5.41, 5.74) is 1.02. The van der Waals surface area contributed by atoms with Crippen molar-refractivity contribution < 1.29 is 14.6 Å². The third kappa shape index (κ3) is 4.54. The van der Waals surface area contributed by atoms with E-state index < -0.39 is 5.97 Å². The molecule has 0 saturated heterocycles. The second-order valence-corrected chi connectivity index (χ2v) is 3.74. The van der Waals surface area contributed by atoms with Crippen molar-refractivity contribution in [1.29, 1.82) is 0 Å². The van der Waals surface area contributed by atoms with E-state index in [0.717, 1.165) is 12.2 Å². The van der Waals surface area contributed by atoms with E-state index in [-0.39, 0.29) is 6.54 Å². The maximum Gasteiger partial charge on any atom is 0.317 e. The van der Waals surface area contributed by atoms with E-state index in [2.05, 4.69) is 5.10 Å². The number of carboxylic acid groups (broad SMARTS) is 1. The molecule has 0 atom stereocenters. The minimum atomic E-state index is -0.830. The average molecular weight is 241 g/mol. The number of hydrogen-bond acceptors (Lipinski definition) is 4. The monoisotopic (exact) mass is 241 g/mol. The van der Waals surface area contributed by atoms with E-state index in [1.54, 1.807) is 13.3 Å². The van der Waals surface area contributed by atoms with Gasteiger partial charge in [-0.15, -0.1) is 0 Å². The van der Waals surface area contributed by atoms with Crippen molar-refractivity contribution in [1.82, 2.24) is 14.7 Å². The smallest absolute Gasteiger partial charge is 0.317 e. The Morgan fingerprint density at radius 2 is 2.41 bits per heavy atom. The molecule has 96 valence electrons. The van der Waals surface area contributed by atoms with Crippen LogP contribution >= 0.6 is 0 Å². The first-order valence-electron chi connectivity index (χ1n) is 5.61. The Morgan fingerprint density at radius 3 is 3.00 bits per heavy atom. The molecule has 6 nitrogen and oxygen atoms in total. The largest absolute Gasteiger partial charge is 0.480 e. The summed E-state index contributed by atoms with van der Waals surface area (Å²) in [4.78, 5) is 12.6. The Hall–Kier alpha value is -1.40. The van der Waals surface area contributed by atoms with Crippen molar-refractivity contribution >= 4 is 5.97 Å². The van der Waals surface area contributed by atoms with Crippen LogP contribution < -0.4 is 0 Å². The number of nitrogens with zero attached hydrogens (tertiary/aromatic N) is 3. The third-order valence-corrected chi connectivity index (χ3v) is 2.46. The Balaban J connectivity index is 2.61. The molecule has 1 N–H and O–H groups in total. The average Bonchev–Trinajstić information content (AvgIpc) is 2.72. The zero-order valence-electron chi connectivity index (χ0n) is 10.3. The standard InChI is InChI=1S/C11H19N3O3/c1-3-14-10(4-5-12-14)8-13(6-7-17-2)9-11(15)16/h4-5H,3,6-9H2,1-2H3,(H,15,16). The summed E-state index contributed by atoms with van der Waals surface area (Å²) < 4.78 is 6.84. The van der Waals surface area contributed by atoms with Gasteiger partial charge in [0.25, 0.3) is 0 Å². The highest BCUT2D eigenvalue weighted by atomic mass is 16.5. The van der Waals surface area contributed by atoms with Crippen molar-refractivity contribution in [3.8, 4) is 0 Å². The molecule has 0 aliphatic rings. The van der Waals surface area contributed by atoms with Crippen molar-refractivity contribution in [2.45, 2.75) is 20.0 Å². The van der Waals surface area contributed by atoms with E-state index in [1.807, 2.05) is 22.6 Å². The van der Waals surface area contributed by atoms with Crippen LogP contribution in [0.1, 0.15) is 12.6 Å².